The van der Waals surface area contributed by atoms with Gasteiger partial charge in [-0.1, -0.05) is 155 Å². The van der Waals surface area contributed by atoms with E-state index in [-0.39, 0.29) is 6.61 Å². The van der Waals surface area contributed by atoms with Gasteiger partial charge in [0.25, 0.3) is 0 Å². The van der Waals surface area contributed by atoms with Gasteiger partial charge in [-0.3, -0.25) is 4.79 Å². The van der Waals surface area contributed by atoms with Crippen LogP contribution in [0.15, 0.2) is 0 Å². The molecule has 3 aliphatic heterocycles. The van der Waals surface area contributed by atoms with Gasteiger partial charge in [0.2, 0.25) is 5.91 Å². The number of aliphatic hydroxyl groups excluding tert-OH is 11. The molecule has 0 aliphatic carbocycles. The van der Waals surface area contributed by atoms with E-state index in [1.54, 1.807) is 0 Å². The molecule has 0 radical (unpaired) electrons. The van der Waals surface area contributed by atoms with E-state index < -0.39 is 130 Å². The van der Waals surface area contributed by atoms with E-state index in [1.807, 2.05) is 0 Å². The maximum absolute atomic E-state index is 12.0. The molecule has 19 heteroatoms. The monoisotopic (exact) mass is 970 g/mol. The number of nitrogens with one attached hydrogen (secondary N) is 1. The molecule has 17 unspecified atom stereocenters. The molecule has 12 N–H and O–H groups in total. The van der Waals surface area contributed by atoms with Crippen molar-refractivity contribution in [2.24, 2.45) is 0 Å². The second kappa shape index (κ2) is 34.2. The molecule has 3 rings (SSSR count). The molecule has 396 valence electrons. The first-order valence-electron chi connectivity index (χ1n) is 25.7. The normalized spacial score (nSPS) is 33.4. The summed E-state index contributed by atoms with van der Waals surface area (Å²) in [6, 6.07) is -0.882. The van der Waals surface area contributed by atoms with E-state index in [4.69, 9.17) is 28.4 Å². The zero-order chi connectivity index (χ0) is 49.1. The van der Waals surface area contributed by atoms with Crippen LogP contribution in [0.5, 0.6) is 0 Å². The number of ether oxygens (including phenoxy) is 6. The van der Waals surface area contributed by atoms with Crippen LogP contribution in [0.4, 0.5) is 0 Å². The van der Waals surface area contributed by atoms with Crippen LogP contribution in [0.2, 0.25) is 0 Å². The lowest BCUT2D eigenvalue weighted by Gasteiger charge is -2.48. The maximum atomic E-state index is 12.0. The van der Waals surface area contributed by atoms with Gasteiger partial charge in [0.05, 0.1) is 38.6 Å². The van der Waals surface area contributed by atoms with Gasteiger partial charge in [-0.05, 0) is 6.42 Å². The fourth-order valence-electron chi connectivity index (χ4n) is 9.23. The molecule has 0 bridgehead atoms. The van der Waals surface area contributed by atoms with Crippen molar-refractivity contribution >= 4 is 5.91 Å². The van der Waals surface area contributed by atoms with Crippen molar-refractivity contribution < 1.29 is 89.4 Å². The minimum Gasteiger partial charge on any atom is -0.394 e. The number of unbranched alkanes of at least 4 members (excludes halogenated alkanes) is 22. The summed E-state index contributed by atoms with van der Waals surface area (Å²) in [4.78, 5) is 12.0. The maximum Gasteiger partial charge on any atom is 0.217 e. The summed E-state index contributed by atoms with van der Waals surface area (Å²) in [6.07, 6.45) is 3.41. The molecule has 17 atom stereocenters. The Morgan fingerprint density at radius 2 is 0.821 bits per heavy atom. The number of rotatable bonds is 36. The molecule has 3 fully saturated rings. The van der Waals surface area contributed by atoms with Gasteiger partial charge in [0, 0.05) is 6.92 Å². The minimum absolute atomic E-state index is 0.317. The average Bonchev–Trinajstić information content (AvgIpc) is 3.31. The van der Waals surface area contributed by atoms with Gasteiger partial charge in [-0.25, -0.2) is 0 Å². The number of hydrogen-bond acceptors (Lipinski definition) is 18. The Labute approximate surface area is 398 Å². The Morgan fingerprint density at radius 3 is 1.21 bits per heavy atom. The molecule has 3 aliphatic rings. The Morgan fingerprint density at radius 1 is 0.478 bits per heavy atom. The molecule has 1 amide bonds. The number of carbonyl (C=O) groups is 1. The fraction of sp³-hybridized carbons (Fsp3) is 0.979. The molecule has 0 aromatic heterocycles. The molecule has 0 saturated carbocycles. The second-order valence-electron chi connectivity index (χ2n) is 19.1. The summed E-state index contributed by atoms with van der Waals surface area (Å²) in [5.41, 5.74) is 0. The van der Waals surface area contributed by atoms with Gasteiger partial charge in [0.15, 0.2) is 18.9 Å². The SMILES string of the molecule is CCCCCCCCCCCCCCCCCCCCCCCCCC(O)C(COC1OC(CO)C(OC2OC(CO)C(OC3OC(CO)C(O)C(O)C3O)C(O)C2O)C(O)C1O)NC(C)=O. The highest BCUT2D eigenvalue weighted by Crippen LogP contribution is 2.33. The quantitative estimate of drug-likeness (QED) is 0.0398. The smallest absolute Gasteiger partial charge is 0.217 e. The number of hydrogen-bond donors (Lipinski definition) is 12. The molecule has 19 nitrogen and oxygen atoms in total. The molecule has 3 heterocycles. The second-order valence-corrected chi connectivity index (χ2v) is 19.1. The largest absolute Gasteiger partial charge is 0.394 e. The van der Waals surface area contributed by atoms with Crippen molar-refractivity contribution in [3.8, 4) is 0 Å². The predicted octanol–water partition coefficient (Wildman–Crippen LogP) is 1.70. The van der Waals surface area contributed by atoms with E-state index in [9.17, 15) is 61.0 Å². The van der Waals surface area contributed by atoms with Crippen molar-refractivity contribution in [1.82, 2.24) is 5.32 Å². The van der Waals surface area contributed by atoms with Crippen LogP contribution in [0.25, 0.3) is 0 Å². The molecule has 0 aromatic rings. The summed E-state index contributed by atoms with van der Waals surface area (Å²) in [5.74, 6) is -0.418. The van der Waals surface area contributed by atoms with Crippen molar-refractivity contribution in [2.45, 2.75) is 272 Å². The first kappa shape index (κ1) is 60.1. The lowest BCUT2D eigenvalue weighted by molar-refractivity contribution is -0.379. The summed E-state index contributed by atoms with van der Waals surface area (Å²) >= 11 is 0. The van der Waals surface area contributed by atoms with E-state index in [0.717, 1.165) is 25.7 Å². The third kappa shape index (κ3) is 20.8. The summed E-state index contributed by atoms with van der Waals surface area (Å²) in [7, 11) is 0. The number of aliphatic hydroxyl groups is 11. The first-order valence-corrected chi connectivity index (χ1v) is 25.7. The lowest BCUT2D eigenvalue weighted by Crippen LogP contribution is -2.66. The van der Waals surface area contributed by atoms with Gasteiger partial charge in [-0.2, -0.15) is 0 Å². The third-order valence-corrected chi connectivity index (χ3v) is 13.5. The zero-order valence-electron chi connectivity index (χ0n) is 40.4. The Kier molecular flexibility index (Phi) is 30.7. The van der Waals surface area contributed by atoms with Gasteiger partial charge in [0.1, 0.15) is 73.2 Å². The topological polar surface area (TPSA) is 307 Å². The average molecular weight is 970 g/mol. The van der Waals surface area contributed by atoms with Gasteiger partial charge >= 0.3 is 0 Å². The Bertz CT molecular complexity index is 1250. The minimum atomic E-state index is -1.96. The van der Waals surface area contributed by atoms with E-state index in [1.165, 1.54) is 129 Å². The molecule has 3 saturated heterocycles. The van der Waals surface area contributed by atoms with Crippen LogP contribution in [0.3, 0.4) is 0 Å². The summed E-state index contributed by atoms with van der Waals surface area (Å²) < 4.78 is 33.7. The highest BCUT2D eigenvalue weighted by Gasteiger charge is 2.53. The third-order valence-electron chi connectivity index (χ3n) is 13.5. The van der Waals surface area contributed by atoms with Crippen molar-refractivity contribution in [1.29, 1.82) is 0 Å². The van der Waals surface area contributed by atoms with E-state index in [2.05, 4.69) is 12.2 Å². The van der Waals surface area contributed by atoms with Crippen molar-refractivity contribution in [3.63, 3.8) is 0 Å². The van der Waals surface area contributed by atoms with Crippen molar-refractivity contribution in [2.75, 3.05) is 26.4 Å². The zero-order valence-corrected chi connectivity index (χ0v) is 40.4. The van der Waals surface area contributed by atoms with E-state index >= 15 is 0 Å². The van der Waals surface area contributed by atoms with Crippen molar-refractivity contribution in [3.05, 3.63) is 0 Å². The van der Waals surface area contributed by atoms with Crippen LogP contribution >= 0.6 is 0 Å². The van der Waals surface area contributed by atoms with Crippen LogP contribution in [0.1, 0.15) is 168 Å². The van der Waals surface area contributed by atoms with E-state index in [0.29, 0.717) is 6.42 Å². The number of carbonyl (C=O) groups excluding carboxylic acids is 1. The summed E-state index contributed by atoms with van der Waals surface area (Å²) in [6.45, 7) is 0.848. The standard InChI is InChI=1S/C48H91NO18/c1-3-4-5-6-7-8-9-10-11-12-13-14-15-16-17-18-19-20-21-22-23-24-25-26-33(54)32(49-31(2)53)30-62-46-42(60)39(57)44(35(28-51)64-46)67-48-43(61)40(58)45(36(29-52)65-48)66-47-41(59)38(56)37(55)34(27-50)63-47/h32-48,50-52,54-61H,3-30H2,1-2H3,(H,49,53). The van der Waals surface area contributed by atoms with Gasteiger partial charge in [-0.15, -0.1) is 0 Å². The molecule has 67 heavy (non-hydrogen) atoms. The molecule has 0 spiro atoms. The molecular formula is C48H91NO18. The first-order chi connectivity index (χ1) is 32.3. The van der Waals surface area contributed by atoms with Crippen LogP contribution in [-0.2, 0) is 33.2 Å². The molecule has 0 aromatic carbocycles. The van der Waals surface area contributed by atoms with Crippen LogP contribution < -0.4 is 5.32 Å². The molecular weight excluding hydrogens is 879 g/mol. The summed E-state index contributed by atoms with van der Waals surface area (Å²) in [5, 5.41) is 118. The lowest BCUT2D eigenvalue weighted by atomic mass is 9.96. The Balaban J connectivity index is 1.32. The van der Waals surface area contributed by atoms with Crippen LogP contribution in [-0.4, -0.2) is 193 Å². The van der Waals surface area contributed by atoms with Crippen LogP contribution in [0, 0.1) is 0 Å². The highest BCUT2D eigenvalue weighted by atomic mass is 16.8. The number of amides is 1. The van der Waals surface area contributed by atoms with Gasteiger partial charge < -0.3 is 89.9 Å². The predicted molar refractivity (Wildman–Crippen MR) is 245 cm³/mol. The Hall–Kier alpha value is -1.21. The fourth-order valence-corrected chi connectivity index (χ4v) is 9.23. The highest BCUT2D eigenvalue weighted by molar-refractivity contribution is 5.73.